The van der Waals surface area contributed by atoms with Crippen LogP contribution in [0.4, 0.5) is 4.39 Å². The third kappa shape index (κ3) is 3.25. The number of nitrogens with one attached hydrogen (secondary N) is 1. The van der Waals surface area contributed by atoms with Crippen molar-refractivity contribution in [2.45, 2.75) is 39.8 Å². The number of carbonyl (C=O) groups is 1. The highest BCUT2D eigenvalue weighted by atomic mass is 19.1. The van der Waals surface area contributed by atoms with E-state index in [1.54, 1.807) is 38.4 Å². The molecule has 0 bridgehead atoms. The van der Waals surface area contributed by atoms with E-state index in [4.69, 9.17) is 4.99 Å². The predicted octanol–water partition coefficient (Wildman–Crippen LogP) is 5.08. The van der Waals surface area contributed by atoms with Crippen LogP contribution in [0.3, 0.4) is 0 Å². The fourth-order valence-corrected chi connectivity index (χ4v) is 4.36. The van der Waals surface area contributed by atoms with Crippen molar-refractivity contribution in [3.8, 4) is 5.69 Å². The maximum Gasteiger partial charge on any atom is 0.313 e. The first-order valence-electron chi connectivity index (χ1n) is 10.8. The summed E-state index contributed by atoms with van der Waals surface area (Å²) in [6.07, 6.45) is 2.72. The summed E-state index contributed by atoms with van der Waals surface area (Å²) < 4.78 is 15.8. The second kappa shape index (κ2) is 7.37. The fraction of sp³-hybridized carbons (Fsp3) is 0.280. The second-order valence-electron chi connectivity index (χ2n) is 9.25. The van der Waals surface area contributed by atoms with Gasteiger partial charge in [-0.2, -0.15) is 5.10 Å². The van der Waals surface area contributed by atoms with Crippen LogP contribution in [0, 0.1) is 11.2 Å². The van der Waals surface area contributed by atoms with Crippen LogP contribution in [-0.4, -0.2) is 43.9 Å². The smallest absolute Gasteiger partial charge is 0.313 e. The number of carboxylic acids is 1. The average molecular weight is 445 g/mol. The number of fused-ring (bicyclic) bond motifs is 2. The van der Waals surface area contributed by atoms with Crippen LogP contribution < -0.4 is 0 Å². The highest BCUT2D eigenvalue weighted by Gasteiger charge is 2.39. The van der Waals surface area contributed by atoms with Crippen molar-refractivity contribution in [3.63, 3.8) is 0 Å². The lowest BCUT2D eigenvalue weighted by molar-refractivity contribution is -0.147. The number of nitrogens with zero attached hydrogens (tertiary/aromatic N) is 4. The Hall–Kier alpha value is -3.81. The van der Waals surface area contributed by atoms with Gasteiger partial charge in [0.2, 0.25) is 0 Å². The van der Waals surface area contributed by atoms with Gasteiger partial charge in [0.05, 0.1) is 22.9 Å². The van der Waals surface area contributed by atoms with E-state index in [2.05, 4.69) is 39.7 Å². The van der Waals surface area contributed by atoms with Gasteiger partial charge in [0.15, 0.2) is 6.17 Å². The number of aromatic amines is 1. The lowest BCUT2D eigenvalue weighted by atomic mass is 9.90. The largest absolute Gasteiger partial charge is 0.481 e. The molecule has 8 heteroatoms. The summed E-state index contributed by atoms with van der Waals surface area (Å²) in [5, 5.41) is 18.7. The number of hydrogen-bond donors (Lipinski definition) is 2. The Bertz CT molecular complexity index is 1460. The number of aliphatic carboxylic acids is 1. The Morgan fingerprint density at radius 3 is 2.61 bits per heavy atom. The van der Waals surface area contributed by atoms with Gasteiger partial charge in [-0.25, -0.2) is 4.39 Å². The zero-order valence-electron chi connectivity index (χ0n) is 18.8. The monoisotopic (exact) mass is 445 g/mol. The van der Waals surface area contributed by atoms with Crippen molar-refractivity contribution < 1.29 is 14.3 Å². The number of H-pyrrole nitrogens is 1. The topological polar surface area (TPSA) is 95.6 Å². The highest BCUT2D eigenvalue weighted by molar-refractivity contribution is 6.42. The lowest BCUT2D eigenvalue weighted by Gasteiger charge is -2.21. The molecule has 1 aliphatic heterocycles. The molecule has 2 N–H and O–H groups in total. The van der Waals surface area contributed by atoms with Gasteiger partial charge in [0, 0.05) is 33.9 Å². The van der Waals surface area contributed by atoms with E-state index >= 15 is 0 Å². The molecule has 3 heterocycles. The molecule has 7 nitrogen and oxygen atoms in total. The standard InChI is InChI=1S/C25H24FN5O2/c1-13(2)22-21(19-12-27-23(29-19)25(3,4)24(32)33)17-10-18-14(11-28-30-18)9-20(17)31(22)16-7-5-15(26)6-8-16/h5-13,23H,1-4H3,(H,28,30)(H,32,33). The number of halogens is 1. The fourth-order valence-electron chi connectivity index (χ4n) is 4.36. The average Bonchev–Trinajstić information content (AvgIpc) is 3.49. The quantitative estimate of drug-likeness (QED) is 0.448. The van der Waals surface area contributed by atoms with E-state index in [9.17, 15) is 14.3 Å². The summed E-state index contributed by atoms with van der Waals surface area (Å²) in [4.78, 5) is 21.0. The SMILES string of the molecule is CC(C)c1c(C2=NC(C(C)(C)C(=O)O)N=C2)c2cc3[nH]ncc3cc2n1-c1ccc(F)cc1. The Morgan fingerprint density at radius 2 is 1.94 bits per heavy atom. The number of rotatable bonds is 5. The van der Waals surface area contributed by atoms with Crippen LogP contribution in [0.5, 0.6) is 0 Å². The van der Waals surface area contributed by atoms with Gasteiger partial charge in [0.25, 0.3) is 0 Å². The van der Waals surface area contributed by atoms with Gasteiger partial charge >= 0.3 is 5.97 Å². The van der Waals surface area contributed by atoms with Gasteiger partial charge in [-0.1, -0.05) is 13.8 Å². The Balaban J connectivity index is 1.84. The second-order valence-corrected chi connectivity index (χ2v) is 9.25. The molecule has 1 aliphatic rings. The zero-order valence-corrected chi connectivity index (χ0v) is 18.8. The number of aliphatic imine (C=N–C) groups is 2. The van der Waals surface area contributed by atoms with E-state index in [0.717, 1.165) is 38.8 Å². The van der Waals surface area contributed by atoms with Gasteiger partial charge in [-0.3, -0.25) is 19.9 Å². The molecule has 1 unspecified atom stereocenters. The van der Waals surface area contributed by atoms with Gasteiger partial charge in [-0.15, -0.1) is 0 Å². The minimum atomic E-state index is -1.14. The first kappa shape index (κ1) is 21.1. The Kier molecular flexibility index (Phi) is 4.70. The van der Waals surface area contributed by atoms with E-state index in [1.165, 1.54) is 12.1 Å². The van der Waals surface area contributed by atoms with Crippen LogP contribution in [-0.2, 0) is 4.79 Å². The molecule has 0 radical (unpaired) electrons. The molecule has 0 saturated carbocycles. The highest BCUT2D eigenvalue weighted by Crippen LogP contribution is 2.38. The molecular formula is C25H24FN5O2. The Morgan fingerprint density at radius 1 is 1.21 bits per heavy atom. The molecule has 4 aromatic rings. The molecule has 0 fully saturated rings. The van der Waals surface area contributed by atoms with E-state index in [1.807, 2.05) is 6.07 Å². The molecule has 2 aromatic carbocycles. The van der Waals surface area contributed by atoms with Crippen LogP contribution >= 0.6 is 0 Å². The van der Waals surface area contributed by atoms with Crippen molar-refractivity contribution in [2.75, 3.05) is 0 Å². The van der Waals surface area contributed by atoms with Crippen molar-refractivity contribution in [3.05, 3.63) is 59.7 Å². The summed E-state index contributed by atoms with van der Waals surface area (Å²) >= 11 is 0. The summed E-state index contributed by atoms with van der Waals surface area (Å²) in [5.74, 6) is -1.16. The zero-order chi connectivity index (χ0) is 23.5. The first-order valence-corrected chi connectivity index (χ1v) is 10.8. The predicted molar refractivity (Wildman–Crippen MR) is 127 cm³/mol. The minimum absolute atomic E-state index is 0.0940. The van der Waals surface area contributed by atoms with E-state index in [-0.39, 0.29) is 11.7 Å². The lowest BCUT2D eigenvalue weighted by Crippen LogP contribution is -2.34. The number of hydrogen-bond acceptors (Lipinski definition) is 4. The van der Waals surface area contributed by atoms with Crippen LogP contribution in [0.2, 0.25) is 0 Å². The summed E-state index contributed by atoms with van der Waals surface area (Å²) in [5.41, 5.74) is 4.05. The molecule has 5 rings (SSSR count). The molecule has 2 aromatic heterocycles. The summed E-state index contributed by atoms with van der Waals surface area (Å²) in [6, 6.07) is 10.5. The molecule has 168 valence electrons. The number of aromatic nitrogens is 3. The van der Waals surface area contributed by atoms with Crippen LogP contribution in [0.1, 0.15) is 44.9 Å². The van der Waals surface area contributed by atoms with Crippen molar-refractivity contribution >= 4 is 39.7 Å². The van der Waals surface area contributed by atoms with Crippen LogP contribution in [0.15, 0.2) is 52.6 Å². The molecule has 0 spiro atoms. The summed E-state index contributed by atoms with van der Waals surface area (Å²) in [7, 11) is 0. The summed E-state index contributed by atoms with van der Waals surface area (Å²) in [6.45, 7) is 7.44. The number of benzene rings is 2. The molecule has 0 aliphatic carbocycles. The van der Waals surface area contributed by atoms with Gasteiger partial charge < -0.3 is 9.67 Å². The third-order valence-corrected chi connectivity index (χ3v) is 6.25. The molecule has 0 saturated heterocycles. The first-order chi connectivity index (χ1) is 15.7. The van der Waals surface area contributed by atoms with Gasteiger partial charge in [-0.05, 0) is 56.2 Å². The van der Waals surface area contributed by atoms with E-state index < -0.39 is 17.6 Å². The molecule has 1 atom stereocenters. The molecular weight excluding hydrogens is 421 g/mol. The third-order valence-electron chi connectivity index (χ3n) is 6.25. The van der Waals surface area contributed by atoms with Crippen molar-refractivity contribution in [2.24, 2.45) is 15.4 Å². The molecule has 33 heavy (non-hydrogen) atoms. The normalized spacial score (nSPS) is 16.3. The molecule has 0 amide bonds. The van der Waals surface area contributed by atoms with Crippen molar-refractivity contribution in [1.82, 2.24) is 14.8 Å². The van der Waals surface area contributed by atoms with E-state index in [0.29, 0.717) is 5.71 Å². The van der Waals surface area contributed by atoms with Crippen molar-refractivity contribution in [1.29, 1.82) is 0 Å². The minimum Gasteiger partial charge on any atom is -0.481 e. The number of carboxylic acid groups (broad SMARTS) is 1. The van der Waals surface area contributed by atoms with Gasteiger partial charge in [0.1, 0.15) is 11.2 Å². The maximum atomic E-state index is 13.7. The Labute approximate surface area is 189 Å². The maximum absolute atomic E-state index is 13.7. The van der Waals surface area contributed by atoms with Crippen LogP contribution in [0.25, 0.3) is 27.5 Å².